The molecule has 4 heteroatoms. The van der Waals surface area contributed by atoms with Gasteiger partial charge in [-0.2, -0.15) is 0 Å². The number of halogens is 1. The van der Waals surface area contributed by atoms with E-state index in [0.717, 1.165) is 11.5 Å². The fourth-order valence-corrected chi connectivity index (χ4v) is 2.06. The number of benzene rings is 1. The zero-order valence-electron chi connectivity index (χ0n) is 11.5. The third kappa shape index (κ3) is 2.27. The average Bonchev–Trinajstić information content (AvgIpc) is 2.64. The van der Waals surface area contributed by atoms with Crippen molar-refractivity contribution in [2.45, 2.75) is 40.0 Å². The first-order valence-corrected chi connectivity index (χ1v) is 6.37. The van der Waals surface area contributed by atoms with Gasteiger partial charge in [0.15, 0.2) is 0 Å². The summed E-state index contributed by atoms with van der Waals surface area (Å²) >= 11 is 6.17. The normalized spacial score (nSPS) is 11.9. The second-order valence-electron chi connectivity index (χ2n) is 5.65. The molecule has 2 aromatic rings. The van der Waals surface area contributed by atoms with Gasteiger partial charge in [0.05, 0.1) is 5.69 Å². The summed E-state index contributed by atoms with van der Waals surface area (Å²) in [5.41, 5.74) is 3.41. The molecule has 0 atom stereocenters. The van der Waals surface area contributed by atoms with Crippen molar-refractivity contribution in [3.05, 3.63) is 40.4 Å². The molecule has 2 rings (SSSR count). The lowest BCUT2D eigenvalue weighted by molar-refractivity contribution is 0.533. The van der Waals surface area contributed by atoms with E-state index in [1.54, 1.807) is 0 Å². The van der Waals surface area contributed by atoms with Crippen LogP contribution in [0.3, 0.4) is 0 Å². The van der Waals surface area contributed by atoms with Crippen molar-refractivity contribution in [1.29, 1.82) is 0 Å². The summed E-state index contributed by atoms with van der Waals surface area (Å²) in [5, 5.41) is 8.59. The molecule has 0 spiro atoms. The molecule has 0 fully saturated rings. The number of hydrogen-bond acceptors (Lipinski definition) is 2. The molecular weight excluding hydrogens is 246 g/mol. The van der Waals surface area contributed by atoms with Crippen LogP contribution >= 0.6 is 11.6 Å². The van der Waals surface area contributed by atoms with E-state index in [4.69, 9.17) is 11.6 Å². The summed E-state index contributed by atoms with van der Waals surface area (Å²) in [7, 11) is 0. The van der Waals surface area contributed by atoms with Crippen LogP contribution in [0.1, 0.15) is 37.7 Å². The van der Waals surface area contributed by atoms with Crippen LogP contribution in [-0.2, 0) is 5.41 Å². The lowest BCUT2D eigenvalue weighted by atomic mass is 9.95. The molecule has 0 amide bonds. The largest absolute Gasteiger partial charge is 0.269 e. The second-order valence-corrected chi connectivity index (χ2v) is 5.98. The Kier molecular flexibility index (Phi) is 3.20. The molecule has 0 aliphatic heterocycles. The van der Waals surface area contributed by atoms with Gasteiger partial charge in [-0.15, -0.1) is 10.2 Å². The Bertz CT molecular complexity index is 579. The van der Waals surface area contributed by atoms with Crippen molar-refractivity contribution >= 4 is 11.6 Å². The standard InChI is InChI=1S/C14H18ClN3/c1-9-6-7-11(8-10(9)2)18-12(14(3,4)5)16-17-13(18)15/h6-8H,1-5H3. The highest BCUT2D eigenvalue weighted by atomic mass is 35.5. The van der Waals surface area contributed by atoms with E-state index in [2.05, 4.69) is 56.9 Å². The van der Waals surface area contributed by atoms with Gasteiger partial charge in [-0.25, -0.2) is 0 Å². The van der Waals surface area contributed by atoms with Crippen LogP contribution in [0.4, 0.5) is 0 Å². The maximum absolute atomic E-state index is 6.17. The van der Waals surface area contributed by atoms with Gasteiger partial charge in [0.2, 0.25) is 5.28 Å². The Labute approximate surface area is 113 Å². The summed E-state index contributed by atoms with van der Waals surface area (Å²) in [6.07, 6.45) is 0. The maximum atomic E-state index is 6.17. The fraction of sp³-hybridized carbons (Fsp3) is 0.429. The highest BCUT2D eigenvalue weighted by molar-refractivity contribution is 6.28. The zero-order valence-corrected chi connectivity index (χ0v) is 12.2. The molecule has 3 nitrogen and oxygen atoms in total. The minimum Gasteiger partial charge on any atom is -0.269 e. The average molecular weight is 264 g/mol. The molecular formula is C14H18ClN3. The van der Waals surface area contributed by atoms with Crippen LogP contribution in [0.5, 0.6) is 0 Å². The van der Waals surface area contributed by atoms with Gasteiger partial charge in [-0.05, 0) is 48.7 Å². The monoisotopic (exact) mass is 263 g/mol. The second kappa shape index (κ2) is 4.39. The van der Waals surface area contributed by atoms with Crippen LogP contribution < -0.4 is 0 Å². The van der Waals surface area contributed by atoms with Crippen molar-refractivity contribution in [3.8, 4) is 5.69 Å². The van der Waals surface area contributed by atoms with E-state index in [9.17, 15) is 0 Å². The zero-order chi connectivity index (χ0) is 13.5. The smallest absolute Gasteiger partial charge is 0.229 e. The van der Waals surface area contributed by atoms with Gasteiger partial charge >= 0.3 is 0 Å². The maximum Gasteiger partial charge on any atom is 0.229 e. The van der Waals surface area contributed by atoms with Crippen LogP contribution in [0, 0.1) is 13.8 Å². The van der Waals surface area contributed by atoms with Crippen LogP contribution in [-0.4, -0.2) is 14.8 Å². The van der Waals surface area contributed by atoms with E-state index in [-0.39, 0.29) is 5.41 Å². The highest BCUT2D eigenvalue weighted by Crippen LogP contribution is 2.27. The highest BCUT2D eigenvalue weighted by Gasteiger charge is 2.24. The molecule has 0 saturated carbocycles. The Balaban J connectivity index is 2.63. The summed E-state index contributed by atoms with van der Waals surface area (Å²) in [5.74, 6) is 0.871. The summed E-state index contributed by atoms with van der Waals surface area (Å²) < 4.78 is 1.91. The number of hydrogen-bond donors (Lipinski definition) is 0. The lowest BCUT2D eigenvalue weighted by Crippen LogP contribution is -2.18. The first-order chi connectivity index (χ1) is 8.30. The molecule has 0 aliphatic rings. The van der Waals surface area contributed by atoms with Crippen LogP contribution in [0.25, 0.3) is 5.69 Å². The minimum absolute atomic E-state index is 0.0983. The topological polar surface area (TPSA) is 30.7 Å². The van der Waals surface area contributed by atoms with Gasteiger partial charge in [0.25, 0.3) is 0 Å². The molecule has 1 heterocycles. The minimum atomic E-state index is -0.0983. The summed E-state index contributed by atoms with van der Waals surface area (Å²) in [6, 6.07) is 6.25. The molecule has 0 aliphatic carbocycles. The lowest BCUT2D eigenvalue weighted by Gasteiger charge is -2.19. The van der Waals surface area contributed by atoms with E-state index in [1.807, 2.05) is 10.6 Å². The molecule has 1 aromatic carbocycles. The van der Waals surface area contributed by atoms with E-state index in [0.29, 0.717) is 5.28 Å². The molecule has 0 unspecified atom stereocenters. The van der Waals surface area contributed by atoms with Gasteiger partial charge in [0, 0.05) is 5.41 Å². The first-order valence-electron chi connectivity index (χ1n) is 6.00. The third-order valence-corrected chi connectivity index (χ3v) is 3.29. The Morgan fingerprint density at radius 3 is 2.28 bits per heavy atom. The SMILES string of the molecule is Cc1ccc(-n2c(Cl)nnc2C(C)(C)C)cc1C. The molecule has 18 heavy (non-hydrogen) atoms. The van der Waals surface area contributed by atoms with Gasteiger partial charge in [-0.3, -0.25) is 4.57 Å². The predicted molar refractivity (Wildman–Crippen MR) is 74.5 cm³/mol. The van der Waals surface area contributed by atoms with Crippen molar-refractivity contribution in [2.75, 3.05) is 0 Å². The van der Waals surface area contributed by atoms with Gasteiger partial charge in [-0.1, -0.05) is 26.8 Å². The molecule has 0 saturated heterocycles. The van der Waals surface area contributed by atoms with E-state index in [1.165, 1.54) is 11.1 Å². The van der Waals surface area contributed by atoms with Gasteiger partial charge < -0.3 is 0 Å². The van der Waals surface area contributed by atoms with Gasteiger partial charge in [0.1, 0.15) is 5.82 Å². The Hall–Kier alpha value is -1.35. The fourth-order valence-electron chi connectivity index (χ4n) is 1.84. The molecule has 0 bridgehead atoms. The van der Waals surface area contributed by atoms with Crippen molar-refractivity contribution in [3.63, 3.8) is 0 Å². The van der Waals surface area contributed by atoms with Crippen molar-refractivity contribution in [1.82, 2.24) is 14.8 Å². The van der Waals surface area contributed by atoms with E-state index >= 15 is 0 Å². The van der Waals surface area contributed by atoms with Crippen LogP contribution in [0.15, 0.2) is 18.2 Å². The predicted octanol–water partition coefficient (Wildman–Crippen LogP) is 3.84. The first kappa shape index (κ1) is 13.1. The Morgan fingerprint density at radius 2 is 1.72 bits per heavy atom. The van der Waals surface area contributed by atoms with Crippen molar-refractivity contribution < 1.29 is 0 Å². The third-order valence-electron chi connectivity index (χ3n) is 3.04. The number of rotatable bonds is 1. The summed E-state index contributed by atoms with van der Waals surface area (Å²) in [4.78, 5) is 0. The quantitative estimate of drug-likeness (QED) is 0.783. The van der Waals surface area contributed by atoms with Crippen molar-refractivity contribution in [2.24, 2.45) is 0 Å². The van der Waals surface area contributed by atoms with Crippen LogP contribution in [0.2, 0.25) is 5.28 Å². The molecule has 0 N–H and O–H groups in total. The molecule has 1 aromatic heterocycles. The Morgan fingerprint density at radius 1 is 1.06 bits per heavy atom. The van der Waals surface area contributed by atoms with E-state index < -0.39 is 0 Å². The number of nitrogens with zero attached hydrogens (tertiary/aromatic N) is 3. The number of aromatic nitrogens is 3. The summed E-state index contributed by atoms with van der Waals surface area (Å²) in [6.45, 7) is 10.5. The molecule has 96 valence electrons. The molecule has 0 radical (unpaired) electrons. The number of aryl methyl sites for hydroxylation is 2.